The Morgan fingerprint density at radius 3 is 2.03 bits per heavy atom. The molecule has 1 amide bonds. The van der Waals surface area contributed by atoms with Crippen LogP contribution >= 0.6 is 0 Å². The van der Waals surface area contributed by atoms with Gasteiger partial charge in [-0.15, -0.1) is 0 Å². The average Bonchev–Trinajstić information content (AvgIpc) is 2.84. The monoisotopic (exact) mass is 523 g/mol. The van der Waals surface area contributed by atoms with Crippen LogP contribution in [0.1, 0.15) is 54.8 Å². The lowest BCUT2D eigenvalue weighted by molar-refractivity contribution is -0.139. The highest BCUT2D eigenvalue weighted by Crippen LogP contribution is 2.39. The van der Waals surface area contributed by atoms with Crippen molar-refractivity contribution in [2.75, 3.05) is 6.61 Å². The van der Waals surface area contributed by atoms with Gasteiger partial charge >= 0.3 is 11.9 Å². The number of hydrogen-bond donors (Lipinski definition) is 1. The number of benzene rings is 2. The molecule has 198 valence electrons. The molecule has 2 aromatic rings. The summed E-state index contributed by atoms with van der Waals surface area (Å²) < 4.78 is 17.5. The van der Waals surface area contributed by atoms with E-state index >= 15 is 0 Å². The molecule has 0 bridgehead atoms. The summed E-state index contributed by atoms with van der Waals surface area (Å²) in [6, 6.07) is 17.0. The van der Waals surface area contributed by atoms with Crippen molar-refractivity contribution in [2.45, 2.75) is 64.4 Å². The van der Waals surface area contributed by atoms with Crippen molar-refractivity contribution in [1.82, 2.24) is 5.32 Å². The number of ether oxygens (including phenoxy) is 2. The summed E-state index contributed by atoms with van der Waals surface area (Å²) in [5.41, 5.74) is 0.785. The number of rotatable bonds is 10. The third kappa shape index (κ3) is 7.39. The zero-order chi connectivity index (χ0) is 27.2. The molecule has 3 rings (SSSR count). The number of nitrogens with one attached hydrogen (secondary N) is 1. The Bertz CT molecular complexity index is 1120. The molecule has 37 heavy (non-hydrogen) atoms. The minimum atomic E-state index is -2.06. The molecule has 8 heteroatoms. The summed E-state index contributed by atoms with van der Waals surface area (Å²) in [5.74, 6) is -1.23. The molecule has 7 nitrogen and oxygen atoms in total. The number of hydrogen-bond acceptors (Lipinski definition) is 6. The molecule has 1 heterocycles. The first-order valence-corrected chi connectivity index (χ1v) is 15.5. The van der Waals surface area contributed by atoms with Gasteiger partial charge in [-0.2, -0.15) is 0 Å². The van der Waals surface area contributed by atoms with Crippen LogP contribution in [0.15, 0.2) is 72.5 Å². The van der Waals surface area contributed by atoms with Crippen LogP contribution in [0.3, 0.4) is 0 Å². The van der Waals surface area contributed by atoms with Gasteiger partial charge in [0.25, 0.3) is 0 Å². The summed E-state index contributed by atoms with van der Waals surface area (Å²) >= 11 is 0. The zero-order valence-electron chi connectivity index (χ0n) is 22.4. The summed E-state index contributed by atoms with van der Waals surface area (Å²) in [7, 11) is -2.06. The van der Waals surface area contributed by atoms with E-state index < -0.39 is 20.3 Å². The van der Waals surface area contributed by atoms with E-state index in [1.54, 1.807) is 54.6 Å². The number of esters is 2. The molecular formula is C29H37NO6Si. The highest BCUT2D eigenvalue weighted by atomic mass is 28.4. The van der Waals surface area contributed by atoms with Crippen LogP contribution in [0.4, 0.5) is 0 Å². The minimum Gasteiger partial charge on any atom is -0.454 e. The van der Waals surface area contributed by atoms with E-state index in [1.807, 2.05) is 19.1 Å². The molecule has 0 aromatic heterocycles. The molecule has 0 saturated carbocycles. The molecule has 3 atom stereocenters. The van der Waals surface area contributed by atoms with E-state index in [0.717, 1.165) is 0 Å². The smallest absolute Gasteiger partial charge is 0.343 e. The van der Waals surface area contributed by atoms with Crippen molar-refractivity contribution < 1.29 is 28.3 Å². The Hall–Kier alpha value is -3.23. The molecule has 0 spiro atoms. The first kappa shape index (κ1) is 28.3. The lowest BCUT2D eigenvalue weighted by Crippen LogP contribution is -2.63. The van der Waals surface area contributed by atoms with Gasteiger partial charge in [-0.25, -0.2) is 9.59 Å². The second-order valence-corrected chi connectivity index (χ2v) is 15.6. The van der Waals surface area contributed by atoms with Crippen molar-refractivity contribution in [3.05, 3.63) is 83.6 Å². The fourth-order valence-electron chi connectivity index (χ4n) is 3.85. The van der Waals surface area contributed by atoms with Crippen LogP contribution in [0, 0.1) is 5.92 Å². The molecule has 1 aliphatic heterocycles. The van der Waals surface area contributed by atoms with Crippen LogP contribution in [0.2, 0.25) is 18.1 Å². The van der Waals surface area contributed by atoms with E-state index in [-0.39, 0.29) is 41.4 Å². The highest BCUT2D eigenvalue weighted by Gasteiger charge is 2.47. The van der Waals surface area contributed by atoms with Gasteiger partial charge in [-0.1, -0.05) is 57.2 Å². The van der Waals surface area contributed by atoms with E-state index in [0.29, 0.717) is 17.5 Å². The normalized spacial score (nSPS) is 18.9. The molecule has 0 aliphatic carbocycles. The van der Waals surface area contributed by atoms with Crippen LogP contribution in [-0.4, -0.2) is 44.9 Å². The van der Waals surface area contributed by atoms with E-state index in [4.69, 9.17) is 13.9 Å². The van der Waals surface area contributed by atoms with Crippen molar-refractivity contribution >= 4 is 26.2 Å². The standard InChI is InChI=1S/C29H37NO6Si/c1-20(36-37(5,6)29(2,3)4)25-24(30-26(25)31)18-17-23(35-28(33)22-15-11-8-12-16-22)19-34-27(32)21-13-9-7-10-14-21/h7-17,20,24-25H,18-19H2,1-6H3,(H,30,31)/b23-17-/t20-,24-,25-/m1/s1. The molecule has 1 N–H and O–H groups in total. The van der Waals surface area contributed by atoms with Gasteiger partial charge in [0.15, 0.2) is 8.32 Å². The van der Waals surface area contributed by atoms with Crippen molar-refractivity contribution in [1.29, 1.82) is 0 Å². The van der Waals surface area contributed by atoms with Crippen molar-refractivity contribution in [3.8, 4) is 0 Å². The van der Waals surface area contributed by atoms with Crippen molar-refractivity contribution in [3.63, 3.8) is 0 Å². The van der Waals surface area contributed by atoms with E-state index in [2.05, 4.69) is 39.2 Å². The van der Waals surface area contributed by atoms with Crippen molar-refractivity contribution in [2.24, 2.45) is 5.92 Å². The third-order valence-corrected chi connectivity index (χ3v) is 11.6. The lowest BCUT2D eigenvalue weighted by Gasteiger charge is -2.45. The summed E-state index contributed by atoms with van der Waals surface area (Å²) in [6.45, 7) is 12.5. The maximum absolute atomic E-state index is 12.7. The first-order valence-electron chi connectivity index (χ1n) is 12.6. The minimum absolute atomic E-state index is 0.0261. The molecule has 1 saturated heterocycles. The predicted octanol–water partition coefficient (Wildman–Crippen LogP) is 5.50. The lowest BCUT2D eigenvalue weighted by atomic mass is 9.84. The zero-order valence-corrected chi connectivity index (χ0v) is 23.4. The number of carbonyl (C=O) groups excluding carboxylic acids is 3. The number of amides is 1. The van der Waals surface area contributed by atoms with Crippen LogP contribution in [-0.2, 0) is 18.7 Å². The molecular weight excluding hydrogens is 486 g/mol. The quantitative estimate of drug-likeness (QED) is 0.191. The van der Waals surface area contributed by atoms with Crippen LogP contribution in [0.25, 0.3) is 0 Å². The Balaban J connectivity index is 1.71. The second-order valence-electron chi connectivity index (χ2n) is 10.8. The fraction of sp³-hybridized carbons (Fsp3) is 0.414. The Morgan fingerprint density at radius 1 is 0.973 bits per heavy atom. The van der Waals surface area contributed by atoms with E-state index in [1.165, 1.54) is 0 Å². The van der Waals surface area contributed by atoms with Crippen LogP contribution in [0.5, 0.6) is 0 Å². The second kappa shape index (κ2) is 11.9. The predicted molar refractivity (Wildman–Crippen MR) is 144 cm³/mol. The van der Waals surface area contributed by atoms with Gasteiger partial charge in [0.1, 0.15) is 12.4 Å². The topological polar surface area (TPSA) is 90.9 Å². The highest BCUT2D eigenvalue weighted by molar-refractivity contribution is 6.74. The third-order valence-electron chi connectivity index (χ3n) is 7.04. The largest absolute Gasteiger partial charge is 0.454 e. The Kier molecular flexibility index (Phi) is 9.10. The van der Waals surface area contributed by atoms with Gasteiger partial charge in [-0.05, 0) is 61.8 Å². The Morgan fingerprint density at radius 2 is 1.51 bits per heavy atom. The summed E-state index contributed by atoms with van der Waals surface area (Å²) in [6.07, 6.45) is 1.86. The van der Waals surface area contributed by atoms with E-state index in [9.17, 15) is 14.4 Å². The average molecular weight is 524 g/mol. The fourth-order valence-corrected chi connectivity index (χ4v) is 5.28. The van der Waals surface area contributed by atoms with Gasteiger partial charge < -0.3 is 19.2 Å². The summed E-state index contributed by atoms with van der Waals surface area (Å²) in [5, 5.41) is 2.96. The van der Waals surface area contributed by atoms with Gasteiger partial charge in [0.2, 0.25) is 5.91 Å². The molecule has 0 unspecified atom stereocenters. The number of β-lactam (4-membered cyclic amide) rings is 1. The SMILES string of the molecule is C[C@@H](O[Si](C)(C)C(C)(C)C)[C@H]1C(=O)N[C@@H]1C/C=C(/COC(=O)c1ccccc1)OC(=O)c1ccccc1. The maximum Gasteiger partial charge on any atom is 0.343 e. The first-order chi connectivity index (χ1) is 17.4. The molecule has 0 radical (unpaired) electrons. The maximum atomic E-state index is 12.7. The van der Waals surface area contributed by atoms with Gasteiger partial charge in [-0.3, -0.25) is 4.79 Å². The molecule has 1 aliphatic rings. The Labute approximate surface area is 220 Å². The number of carbonyl (C=O) groups is 3. The van der Waals surface area contributed by atoms with Crippen LogP contribution < -0.4 is 5.32 Å². The molecule has 1 fully saturated rings. The van der Waals surface area contributed by atoms with Gasteiger partial charge in [0, 0.05) is 6.04 Å². The molecule has 2 aromatic carbocycles. The summed E-state index contributed by atoms with van der Waals surface area (Å²) in [4.78, 5) is 37.6. The van der Waals surface area contributed by atoms with Gasteiger partial charge in [0.05, 0.1) is 23.1 Å².